The van der Waals surface area contributed by atoms with Crippen LogP contribution in [0.25, 0.3) is 17.0 Å². The molecule has 5 rings (SSSR count). The first-order valence-electron chi connectivity index (χ1n) is 10.7. The molecule has 168 valence electrons. The number of amides is 4. The summed E-state index contributed by atoms with van der Waals surface area (Å²) in [5.41, 5.74) is 3.55. The number of urea groups is 1. The molecule has 3 aromatic carbocycles. The van der Waals surface area contributed by atoms with Gasteiger partial charge in [-0.05, 0) is 35.4 Å². The zero-order valence-electron chi connectivity index (χ0n) is 18.1. The Balaban J connectivity index is 1.54. The highest BCUT2D eigenvalue weighted by Gasteiger charge is 2.35. The number of hydrogen-bond acceptors (Lipinski definition) is 3. The maximum absolute atomic E-state index is 13.2. The maximum Gasteiger partial charge on any atom is 0.331 e. The molecule has 0 saturated carbocycles. The number of benzene rings is 3. The number of halogens is 1. The van der Waals surface area contributed by atoms with Crippen LogP contribution in [-0.2, 0) is 22.7 Å². The van der Waals surface area contributed by atoms with Crippen LogP contribution < -0.4 is 5.32 Å². The molecule has 0 aliphatic carbocycles. The van der Waals surface area contributed by atoms with Crippen molar-refractivity contribution in [1.82, 2.24) is 14.8 Å². The van der Waals surface area contributed by atoms with E-state index in [1.807, 2.05) is 85.1 Å². The van der Waals surface area contributed by atoms with Crippen LogP contribution in [0.1, 0.15) is 16.7 Å². The third kappa shape index (κ3) is 4.30. The zero-order valence-corrected chi connectivity index (χ0v) is 19.7. The van der Waals surface area contributed by atoms with E-state index in [-0.39, 0.29) is 12.1 Å². The minimum atomic E-state index is -0.717. The van der Waals surface area contributed by atoms with E-state index in [1.165, 1.54) is 0 Å². The van der Waals surface area contributed by atoms with Crippen molar-refractivity contribution < 1.29 is 14.4 Å². The molecule has 1 aliphatic heterocycles. The summed E-state index contributed by atoms with van der Waals surface area (Å²) in [4.78, 5) is 39.3. The van der Waals surface area contributed by atoms with Crippen LogP contribution in [0.4, 0.5) is 4.79 Å². The Morgan fingerprint density at radius 1 is 0.824 bits per heavy atom. The van der Waals surface area contributed by atoms with Crippen molar-refractivity contribution in [2.24, 2.45) is 0 Å². The Morgan fingerprint density at radius 3 is 2.15 bits per heavy atom. The molecule has 1 fully saturated rings. The average molecular weight is 514 g/mol. The lowest BCUT2D eigenvalue weighted by Gasteiger charge is -2.26. The van der Waals surface area contributed by atoms with Crippen molar-refractivity contribution in [2.75, 3.05) is 0 Å². The number of rotatable bonds is 5. The highest BCUT2D eigenvalue weighted by atomic mass is 79.9. The Labute approximate surface area is 204 Å². The van der Waals surface area contributed by atoms with Crippen LogP contribution in [-0.4, -0.2) is 27.3 Å². The van der Waals surface area contributed by atoms with Gasteiger partial charge in [-0.25, -0.2) is 4.79 Å². The van der Waals surface area contributed by atoms with E-state index in [2.05, 4.69) is 25.8 Å². The van der Waals surface area contributed by atoms with Crippen molar-refractivity contribution in [1.29, 1.82) is 0 Å². The summed E-state index contributed by atoms with van der Waals surface area (Å²) in [5.74, 6) is -1.31. The van der Waals surface area contributed by atoms with E-state index in [1.54, 1.807) is 6.08 Å². The van der Waals surface area contributed by atoms with Gasteiger partial charge in [0.05, 0.1) is 6.54 Å². The first kappa shape index (κ1) is 21.9. The normalized spacial score (nSPS) is 15.3. The summed E-state index contributed by atoms with van der Waals surface area (Å²) in [6.45, 7) is 0.721. The topological polar surface area (TPSA) is 71.4 Å². The molecule has 0 bridgehead atoms. The summed E-state index contributed by atoms with van der Waals surface area (Å²) < 4.78 is 2.97. The number of carbonyl (C=O) groups is 3. The van der Waals surface area contributed by atoms with E-state index < -0.39 is 17.8 Å². The van der Waals surface area contributed by atoms with Gasteiger partial charge in [-0.2, -0.15) is 0 Å². The van der Waals surface area contributed by atoms with E-state index in [0.717, 1.165) is 37.0 Å². The second-order valence-corrected chi connectivity index (χ2v) is 8.97. The van der Waals surface area contributed by atoms with Gasteiger partial charge in [-0.3, -0.25) is 19.8 Å². The predicted octanol–water partition coefficient (Wildman–Crippen LogP) is 5.11. The van der Waals surface area contributed by atoms with Crippen molar-refractivity contribution in [3.63, 3.8) is 0 Å². The first-order chi connectivity index (χ1) is 16.5. The van der Waals surface area contributed by atoms with Gasteiger partial charge in [0.2, 0.25) is 0 Å². The smallest absolute Gasteiger partial charge is 0.331 e. The lowest BCUT2D eigenvalue weighted by Crippen LogP contribution is -2.53. The molecule has 0 unspecified atom stereocenters. The molecule has 0 spiro atoms. The fraction of sp³-hybridized carbons (Fsp3) is 0.0741. The number of aromatic nitrogens is 1. The van der Waals surface area contributed by atoms with Crippen LogP contribution in [0.15, 0.2) is 95.1 Å². The third-order valence-corrected chi connectivity index (χ3v) is 6.23. The molecule has 2 heterocycles. The molecule has 7 heteroatoms. The van der Waals surface area contributed by atoms with Crippen molar-refractivity contribution in [3.05, 3.63) is 112 Å². The zero-order chi connectivity index (χ0) is 23.7. The van der Waals surface area contributed by atoms with Gasteiger partial charge in [0, 0.05) is 33.7 Å². The van der Waals surface area contributed by atoms with Crippen LogP contribution in [0.5, 0.6) is 0 Å². The van der Waals surface area contributed by atoms with Crippen LogP contribution in [0.3, 0.4) is 0 Å². The molecule has 34 heavy (non-hydrogen) atoms. The fourth-order valence-corrected chi connectivity index (χ4v) is 4.44. The van der Waals surface area contributed by atoms with Gasteiger partial charge >= 0.3 is 6.03 Å². The molecule has 1 N–H and O–H groups in total. The number of barbiturate groups is 1. The van der Waals surface area contributed by atoms with Gasteiger partial charge < -0.3 is 4.57 Å². The number of carbonyl (C=O) groups excluding carboxylic acids is 3. The Bertz CT molecular complexity index is 1440. The lowest BCUT2D eigenvalue weighted by atomic mass is 10.1. The second kappa shape index (κ2) is 9.11. The summed E-state index contributed by atoms with van der Waals surface area (Å²) in [6, 6.07) is 24.4. The van der Waals surface area contributed by atoms with Crippen molar-refractivity contribution in [3.8, 4) is 0 Å². The van der Waals surface area contributed by atoms with Crippen molar-refractivity contribution >= 4 is 50.8 Å². The molecular weight excluding hydrogens is 494 g/mol. The highest BCUT2D eigenvalue weighted by molar-refractivity contribution is 9.10. The second-order valence-electron chi connectivity index (χ2n) is 8.05. The minimum Gasteiger partial charge on any atom is -0.342 e. The average Bonchev–Trinajstić information content (AvgIpc) is 3.16. The van der Waals surface area contributed by atoms with Gasteiger partial charge in [0.1, 0.15) is 5.57 Å². The number of fused-ring (bicyclic) bond motifs is 1. The lowest BCUT2D eigenvalue weighted by molar-refractivity contribution is -0.130. The predicted molar refractivity (Wildman–Crippen MR) is 134 cm³/mol. The van der Waals surface area contributed by atoms with Crippen LogP contribution >= 0.6 is 15.9 Å². The standard InChI is InChI=1S/C27H20BrN3O3/c28-21-11-12-24-22(14-21)20(17-30(24)15-18-7-3-1-4-8-18)13-23-25(32)29-27(34)31(26(23)33)16-19-9-5-2-6-10-19/h1-14,17H,15-16H2,(H,29,32,34)/b23-13+. The molecule has 4 aromatic rings. The van der Waals surface area contributed by atoms with Gasteiger partial charge in [-0.1, -0.05) is 76.6 Å². The summed E-state index contributed by atoms with van der Waals surface area (Å²) in [5, 5.41) is 3.19. The van der Waals surface area contributed by atoms with E-state index >= 15 is 0 Å². The molecule has 4 amide bonds. The molecule has 1 aromatic heterocycles. The maximum atomic E-state index is 13.2. The van der Waals surface area contributed by atoms with Crippen molar-refractivity contribution in [2.45, 2.75) is 13.1 Å². The molecule has 0 atom stereocenters. The highest BCUT2D eigenvalue weighted by Crippen LogP contribution is 2.29. The van der Waals surface area contributed by atoms with Crippen LogP contribution in [0.2, 0.25) is 0 Å². The third-order valence-electron chi connectivity index (χ3n) is 5.74. The Kier molecular flexibility index (Phi) is 5.86. The number of nitrogens with zero attached hydrogens (tertiary/aromatic N) is 2. The number of nitrogens with one attached hydrogen (secondary N) is 1. The largest absolute Gasteiger partial charge is 0.342 e. The molecular formula is C27H20BrN3O3. The Hall–Kier alpha value is -3.97. The number of imide groups is 2. The number of hydrogen-bond donors (Lipinski definition) is 1. The minimum absolute atomic E-state index is 0.0748. The molecule has 1 aliphatic rings. The summed E-state index contributed by atoms with van der Waals surface area (Å²) in [6.07, 6.45) is 3.49. The van der Waals surface area contributed by atoms with E-state index in [0.29, 0.717) is 6.54 Å². The molecule has 1 saturated heterocycles. The summed E-state index contributed by atoms with van der Waals surface area (Å²) in [7, 11) is 0. The first-order valence-corrected chi connectivity index (χ1v) is 11.5. The SMILES string of the molecule is O=C1NC(=O)N(Cc2ccccc2)C(=O)/C1=C/c1cn(Cc2ccccc2)c2ccc(Br)cc12. The van der Waals surface area contributed by atoms with Gasteiger partial charge in [-0.15, -0.1) is 0 Å². The van der Waals surface area contributed by atoms with E-state index in [4.69, 9.17) is 0 Å². The van der Waals surface area contributed by atoms with Crippen LogP contribution in [0, 0.1) is 0 Å². The summed E-state index contributed by atoms with van der Waals surface area (Å²) >= 11 is 3.52. The van der Waals surface area contributed by atoms with Gasteiger partial charge in [0.25, 0.3) is 11.8 Å². The molecule has 6 nitrogen and oxygen atoms in total. The van der Waals surface area contributed by atoms with Gasteiger partial charge in [0.15, 0.2) is 0 Å². The monoisotopic (exact) mass is 513 g/mol. The quantitative estimate of drug-likeness (QED) is 0.297. The molecule has 0 radical (unpaired) electrons. The fourth-order valence-electron chi connectivity index (χ4n) is 4.08. The van der Waals surface area contributed by atoms with E-state index in [9.17, 15) is 14.4 Å². The Morgan fingerprint density at radius 2 is 1.47 bits per heavy atom.